The molecule has 0 saturated carbocycles. The van der Waals surface area contributed by atoms with Gasteiger partial charge in [0.2, 0.25) is 0 Å². The van der Waals surface area contributed by atoms with Crippen molar-refractivity contribution in [2.45, 2.75) is 6.92 Å². The number of hydrogen-bond donors (Lipinski definition) is 1. The number of rotatable bonds is 2. The molecular formula is C9H9BBr3NO3. The summed E-state index contributed by atoms with van der Waals surface area (Å²) in [6, 6.07) is 4.79. The first-order chi connectivity index (χ1) is 8.04. The van der Waals surface area contributed by atoms with Crippen molar-refractivity contribution in [1.82, 2.24) is 5.16 Å². The van der Waals surface area contributed by atoms with Crippen molar-refractivity contribution in [3.05, 3.63) is 18.2 Å². The van der Waals surface area contributed by atoms with Crippen LogP contribution in [0.25, 0.3) is 11.0 Å². The van der Waals surface area contributed by atoms with Crippen LogP contribution < -0.4 is 4.74 Å². The van der Waals surface area contributed by atoms with Crippen LogP contribution in [-0.4, -0.2) is 20.1 Å². The summed E-state index contributed by atoms with van der Waals surface area (Å²) < 4.78 is 10.4. The molecule has 0 radical (unpaired) electrons. The average Bonchev–Trinajstić information content (AvgIpc) is 2.60. The molecule has 0 unspecified atom stereocenters. The highest BCUT2D eigenvalue weighted by molar-refractivity contribution is 9.69. The molecule has 4 nitrogen and oxygen atoms in total. The summed E-state index contributed by atoms with van der Waals surface area (Å²) in [7, 11) is 0. The van der Waals surface area contributed by atoms with Crippen molar-refractivity contribution in [3.8, 4) is 11.6 Å². The number of halogens is 3. The molecule has 0 saturated heterocycles. The Labute approximate surface area is 124 Å². The fourth-order valence-electron chi connectivity index (χ4n) is 1.14. The molecule has 1 N–H and O–H groups in total. The Balaban J connectivity index is 0.000000317. The molecule has 92 valence electrons. The average molecular weight is 430 g/mol. The summed E-state index contributed by atoms with van der Waals surface area (Å²) in [4.78, 5) is 0. The van der Waals surface area contributed by atoms with E-state index in [0.717, 1.165) is 5.39 Å². The standard InChI is InChI=1S/C9H9NO3.BBr3/c1-2-12-9-7-4-3-6(11)5-8(7)13-10-9;2-1(3)4/h3-5,11H,2H2,1H3;. The van der Waals surface area contributed by atoms with E-state index in [1.54, 1.807) is 12.1 Å². The second kappa shape index (κ2) is 7.28. The zero-order valence-electron chi connectivity index (χ0n) is 8.86. The first-order valence-electron chi connectivity index (χ1n) is 4.68. The van der Waals surface area contributed by atoms with E-state index >= 15 is 0 Å². The number of benzene rings is 1. The van der Waals surface area contributed by atoms with Gasteiger partial charge in [0.15, 0.2) is 5.58 Å². The van der Waals surface area contributed by atoms with Crippen LogP contribution in [0.5, 0.6) is 11.6 Å². The number of fused-ring (bicyclic) bond motifs is 1. The van der Waals surface area contributed by atoms with Gasteiger partial charge < -0.3 is 14.4 Å². The molecule has 0 atom stereocenters. The van der Waals surface area contributed by atoms with E-state index in [0.29, 0.717) is 18.1 Å². The van der Waals surface area contributed by atoms with E-state index in [1.807, 2.05) is 6.92 Å². The highest BCUT2D eigenvalue weighted by Gasteiger charge is 2.08. The van der Waals surface area contributed by atoms with E-state index in [4.69, 9.17) is 14.4 Å². The van der Waals surface area contributed by atoms with Crippen LogP contribution in [0.4, 0.5) is 0 Å². The van der Waals surface area contributed by atoms with Crippen LogP contribution in [-0.2, 0) is 0 Å². The van der Waals surface area contributed by atoms with E-state index < -0.39 is 0 Å². The third-order valence-electron chi connectivity index (χ3n) is 1.70. The van der Waals surface area contributed by atoms with Crippen LogP contribution >= 0.6 is 47.3 Å². The lowest BCUT2D eigenvalue weighted by Gasteiger charge is -1.95. The van der Waals surface area contributed by atoms with Gasteiger partial charge in [-0.05, 0) is 24.2 Å². The highest BCUT2D eigenvalue weighted by Crippen LogP contribution is 2.27. The number of hydrogen-bond acceptors (Lipinski definition) is 4. The molecule has 0 spiro atoms. The van der Waals surface area contributed by atoms with Gasteiger partial charge >= 0.3 is 3.18 Å². The van der Waals surface area contributed by atoms with Crippen molar-refractivity contribution < 1.29 is 14.4 Å². The molecule has 0 aliphatic carbocycles. The first-order valence-corrected chi connectivity index (χ1v) is 7.42. The Bertz CT molecular complexity index is 475. The molecule has 1 aromatic carbocycles. The summed E-state index contributed by atoms with van der Waals surface area (Å²) in [5.74, 6) is 0.629. The molecule has 0 fully saturated rings. The number of ether oxygens (including phenoxy) is 1. The molecule has 0 amide bonds. The molecule has 0 bridgehead atoms. The van der Waals surface area contributed by atoms with E-state index in [1.165, 1.54) is 6.07 Å². The monoisotopic (exact) mass is 427 g/mol. The van der Waals surface area contributed by atoms with E-state index in [9.17, 15) is 0 Å². The van der Waals surface area contributed by atoms with Crippen molar-refractivity contribution in [2.75, 3.05) is 6.61 Å². The lowest BCUT2D eigenvalue weighted by atomic mass is 10.2. The maximum atomic E-state index is 9.14. The molecule has 0 aliphatic rings. The maximum absolute atomic E-state index is 9.14. The normalized spacial score (nSPS) is 9.65. The second-order valence-electron chi connectivity index (χ2n) is 2.85. The van der Waals surface area contributed by atoms with E-state index in [2.05, 4.69) is 52.4 Å². The van der Waals surface area contributed by atoms with Crippen LogP contribution in [0.3, 0.4) is 0 Å². The SMILES string of the molecule is BrB(Br)Br.CCOc1noc2cc(O)ccc12. The number of aromatic nitrogens is 1. The van der Waals surface area contributed by atoms with E-state index in [-0.39, 0.29) is 8.93 Å². The molecule has 0 aliphatic heterocycles. The lowest BCUT2D eigenvalue weighted by Crippen LogP contribution is -1.90. The summed E-state index contributed by atoms with van der Waals surface area (Å²) in [6.45, 7) is 2.42. The number of nitrogens with zero attached hydrogens (tertiary/aromatic N) is 1. The summed E-state index contributed by atoms with van der Waals surface area (Å²) in [6.07, 6.45) is 0. The van der Waals surface area contributed by atoms with Crippen molar-refractivity contribution in [2.24, 2.45) is 0 Å². The zero-order chi connectivity index (χ0) is 12.8. The Morgan fingerprint density at radius 2 is 2.06 bits per heavy atom. The zero-order valence-corrected chi connectivity index (χ0v) is 13.6. The van der Waals surface area contributed by atoms with Gasteiger partial charge in [0.05, 0.1) is 12.0 Å². The third kappa shape index (κ3) is 4.89. The van der Waals surface area contributed by atoms with Gasteiger partial charge in [-0.25, -0.2) is 0 Å². The minimum atomic E-state index is 0.159. The van der Waals surface area contributed by atoms with Gasteiger partial charge in [0, 0.05) is 6.07 Å². The predicted molar refractivity (Wildman–Crippen MR) is 79.4 cm³/mol. The highest BCUT2D eigenvalue weighted by atomic mass is 79.9. The van der Waals surface area contributed by atoms with Gasteiger partial charge in [0.1, 0.15) is 5.75 Å². The van der Waals surface area contributed by atoms with Gasteiger partial charge in [-0.1, -0.05) is 0 Å². The molecule has 2 rings (SSSR count). The molecular weight excluding hydrogens is 421 g/mol. The lowest BCUT2D eigenvalue weighted by molar-refractivity contribution is 0.301. The Hall–Kier alpha value is -0.205. The Morgan fingerprint density at radius 3 is 2.65 bits per heavy atom. The van der Waals surface area contributed by atoms with Crippen molar-refractivity contribution >= 4 is 61.4 Å². The summed E-state index contributed by atoms with van der Waals surface area (Å²) in [5.41, 5.74) is 0.531. The van der Waals surface area contributed by atoms with Crippen molar-refractivity contribution in [3.63, 3.8) is 0 Å². The Morgan fingerprint density at radius 1 is 1.41 bits per heavy atom. The summed E-state index contributed by atoms with van der Waals surface area (Å²) in [5, 5.41) is 13.6. The van der Waals surface area contributed by atoms with Gasteiger partial charge in [0.25, 0.3) is 5.88 Å². The smallest absolute Gasteiger partial charge is 0.369 e. The minimum absolute atomic E-state index is 0.159. The largest absolute Gasteiger partial charge is 0.508 e. The Kier molecular flexibility index (Phi) is 6.36. The molecule has 17 heavy (non-hydrogen) atoms. The first kappa shape index (κ1) is 14.9. The quantitative estimate of drug-likeness (QED) is 0.731. The van der Waals surface area contributed by atoms with Crippen LogP contribution in [0.2, 0.25) is 0 Å². The van der Waals surface area contributed by atoms with Crippen LogP contribution in [0.1, 0.15) is 6.92 Å². The topological polar surface area (TPSA) is 55.5 Å². The van der Waals surface area contributed by atoms with Crippen LogP contribution in [0.15, 0.2) is 22.7 Å². The molecule has 1 aromatic heterocycles. The van der Waals surface area contributed by atoms with Gasteiger partial charge in [-0.2, -0.15) is 0 Å². The fraction of sp³-hybridized carbons (Fsp3) is 0.222. The van der Waals surface area contributed by atoms with Gasteiger partial charge in [-0.3, -0.25) is 0 Å². The predicted octanol–water partition coefficient (Wildman–Crippen LogP) is 4.09. The third-order valence-corrected chi connectivity index (χ3v) is 1.70. The number of aromatic hydroxyl groups is 1. The fourth-order valence-corrected chi connectivity index (χ4v) is 1.14. The van der Waals surface area contributed by atoms with Crippen molar-refractivity contribution in [1.29, 1.82) is 0 Å². The molecule has 2 aromatic rings. The minimum Gasteiger partial charge on any atom is -0.508 e. The van der Waals surface area contributed by atoms with Crippen LogP contribution in [0, 0.1) is 0 Å². The summed E-state index contributed by atoms with van der Waals surface area (Å²) >= 11 is 9.31. The number of phenols is 1. The number of phenolic OH excluding ortho intramolecular Hbond substituents is 1. The second-order valence-corrected chi connectivity index (χ2v) is 9.28. The maximum Gasteiger partial charge on any atom is 0.369 e. The molecule has 8 heteroatoms. The van der Waals surface area contributed by atoms with Gasteiger partial charge in [-0.15, -0.1) is 47.3 Å². The molecule has 1 heterocycles.